The first-order valence-electron chi connectivity index (χ1n) is 5.20. The maximum Gasteiger partial charge on any atom is 0.416 e. The molecule has 0 saturated heterocycles. The lowest BCUT2D eigenvalue weighted by Crippen LogP contribution is -2.39. The number of alkyl halides is 3. The lowest BCUT2D eigenvalue weighted by atomic mass is 9.92. The third-order valence-corrected chi connectivity index (χ3v) is 2.68. The van der Waals surface area contributed by atoms with Crippen LogP contribution < -0.4 is 5.32 Å². The number of hydrogen-bond acceptors (Lipinski definition) is 1. The van der Waals surface area contributed by atoms with Gasteiger partial charge in [-0.2, -0.15) is 13.2 Å². The van der Waals surface area contributed by atoms with Crippen molar-refractivity contribution >= 4 is 0 Å². The summed E-state index contributed by atoms with van der Waals surface area (Å²) in [5.74, 6) is -0.653. The van der Waals surface area contributed by atoms with Gasteiger partial charge in [-0.3, -0.25) is 0 Å². The molecule has 0 aliphatic rings. The number of benzene rings is 1. The molecule has 0 atom stereocenters. The van der Waals surface area contributed by atoms with Crippen molar-refractivity contribution in [2.24, 2.45) is 0 Å². The van der Waals surface area contributed by atoms with E-state index >= 15 is 0 Å². The Labute approximate surface area is 97.8 Å². The van der Waals surface area contributed by atoms with Crippen molar-refractivity contribution in [3.8, 4) is 0 Å². The van der Waals surface area contributed by atoms with Crippen LogP contribution in [0, 0.1) is 5.82 Å². The van der Waals surface area contributed by atoms with Crippen molar-refractivity contribution in [3.63, 3.8) is 0 Å². The Bertz CT molecular complexity index is 396. The summed E-state index contributed by atoms with van der Waals surface area (Å²) in [7, 11) is 1.66. The van der Waals surface area contributed by atoms with Gasteiger partial charge in [0.2, 0.25) is 0 Å². The Morgan fingerprint density at radius 3 is 2.24 bits per heavy atom. The molecule has 96 valence electrons. The number of halogens is 4. The highest BCUT2D eigenvalue weighted by Gasteiger charge is 2.34. The highest BCUT2D eigenvalue weighted by Crippen LogP contribution is 2.33. The van der Waals surface area contributed by atoms with Gasteiger partial charge in [0.1, 0.15) is 5.82 Å². The van der Waals surface area contributed by atoms with E-state index in [9.17, 15) is 17.6 Å². The molecular formula is C12H15F4N. The van der Waals surface area contributed by atoms with Gasteiger partial charge < -0.3 is 5.32 Å². The molecule has 0 bridgehead atoms. The molecule has 0 saturated carbocycles. The van der Waals surface area contributed by atoms with Gasteiger partial charge in [-0.05, 0) is 51.1 Å². The van der Waals surface area contributed by atoms with Gasteiger partial charge in [0.25, 0.3) is 0 Å². The number of likely N-dealkylation sites (N-methyl/N-ethyl adjacent to an activating group) is 1. The van der Waals surface area contributed by atoms with E-state index in [0.29, 0.717) is 0 Å². The Hall–Kier alpha value is -1.10. The number of hydrogen-bond donors (Lipinski definition) is 1. The maximum atomic E-state index is 13.0. The van der Waals surface area contributed by atoms with Gasteiger partial charge in [-0.15, -0.1) is 0 Å². The van der Waals surface area contributed by atoms with Crippen LogP contribution in [0.1, 0.15) is 25.0 Å². The molecule has 0 unspecified atom stereocenters. The molecule has 1 aromatic carbocycles. The van der Waals surface area contributed by atoms with Crippen LogP contribution in [0.3, 0.4) is 0 Å². The van der Waals surface area contributed by atoms with Crippen molar-refractivity contribution in [3.05, 3.63) is 35.1 Å². The van der Waals surface area contributed by atoms with E-state index in [-0.39, 0.29) is 12.0 Å². The lowest BCUT2D eigenvalue weighted by Gasteiger charge is -2.25. The first kappa shape index (κ1) is 14.0. The second kappa shape index (κ2) is 4.64. The maximum absolute atomic E-state index is 13.0. The van der Waals surface area contributed by atoms with Crippen molar-refractivity contribution in [1.82, 2.24) is 5.32 Å². The molecule has 1 aromatic rings. The largest absolute Gasteiger partial charge is 0.416 e. The summed E-state index contributed by atoms with van der Waals surface area (Å²) in [5.41, 5.74) is -1.33. The van der Waals surface area contributed by atoms with E-state index in [1.807, 2.05) is 0 Å². The highest BCUT2D eigenvalue weighted by atomic mass is 19.4. The van der Waals surface area contributed by atoms with Gasteiger partial charge in [0.15, 0.2) is 0 Å². The second-order valence-electron chi connectivity index (χ2n) is 4.61. The van der Waals surface area contributed by atoms with Crippen LogP contribution in [-0.4, -0.2) is 12.6 Å². The standard InChI is InChI=1S/C12H15F4N/c1-11(2,17-3)7-8-6-9(13)4-5-10(8)12(14,15)16/h4-6,17H,7H2,1-3H3. The molecule has 5 heteroatoms. The third kappa shape index (κ3) is 3.70. The van der Waals surface area contributed by atoms with Crippen LogP contribution in [0.15, 0.2) is 18.2 Å². The summed E-state index contributed by atoms with van der Waals surface area (Å²) < 4.78 is 51.2. The fraction of sp³-hybridized carbons (Fsp3) is 0.500. The van der Waals surface area contributed by atoms with E-state index < -0.39 is 23.1 Å². The molecule has 0 spiro atoms. The average molecular weight is 249 g/mol. The zero-order valence-corrected chi connectivity index (χ0v) is 9.95. The zero-order chi connectivity index (χ0) is 13.3. The minimum Gasteiger partial charge on any atom is -0.314 e. The third-order valence-electron chi connectivity index (χ3n) is 2.68. The Balaban J connectivity index is 3.17. The van der Waals surface area contributed by atoms with Gasteiger partial charge in [-0.25, -0.2) is 4.39 Å². The minimum atomic E-state index is -4.45. The van der Waals surface area contributed by atoms with E-state index in [1.54, 1.807) is 20.9 Å². The first-order valence-corrected chi connectivity index (χ1v) is 5.20. The van der Waals surface area contributed by atoms with E-state index in [4.69, 9.17) is 0 Å². The molecule has 0 aromatic heterocycles. The minimum absolute atomic E-state index is 0.0307. The zero-order valence-electron chi connectivity index (χ0n) is 9.95. The predicted octanol–water partition coefficient (Wildman–Crippen LogP) is 3.39. The van der Waals surface area contributed by atoms with Gasteiger partial charge in [0.05, 0.1) is 5.56 Å². The molecule has 1 N–H and O–H groups in total. The fourth-order valence-corrected chi connectivity index (χ4v) is 1.55. The quantitative estimate of drug-likeness (QED) is 0.810. The molecule has 0 aliphatic heterocycles. The summed E-state index contributed by atoms with van der Waals surface area (Å²) in [6.45, 7) is 3.52. The molecule has 0 heterocycles. The predicted molar refractivity (Wildman–Crippen MR) is 58.2 cm³/mol. The molecule has 0 amide bonds. The van der Waals surface area contributed by atoms with Crippen molar-refractivity contribution < 1.29 is 17.6 Å². The van der Waals surface area contributed by atoms with Crippen LogP contribution in [0.2, 0.25) is 0 Å². The van der Waals surface area contributed by atoms with E-state index in [2.05, 4.69) is 5.32 Å². The Morgan fingerprint density at radius 2 is 1.76 bits per heavy atom. The molecule has 1 rings (SSSR count). The van der Waals surface area contributed by atoms with Crippen molar-refractivity contribution in [1.29, 1.82) is 0 Å². The SMILES string of the molecule is CNC(C)(C)Cc1cc(F)ccc1C(F)(F)F. The summed E-state index contributed by atoms with van der Waals surface area (Å²) in [4.78, 5) is 0. The Morgan fingerprint density at radius 1 is 1.18 bits per heavy atom. The smallest absolute Gasteiger partial charge is 0.314 e. The summed E-state index contributed by atoms with van der Waals surface area (Å²) in [6.07, 6.45) is -4.34. The second-order valence-corrected chi connectivity index (χ2v) is 4.61. The summed E-state index contributed by atoms with van der Waals surface area (Å²) in [6, 6.07) is 2.57. The molecule has 1 nitrogen and oxygen atoms in total. The highest BCUT2D eigenvalue weighted by molar-refractivity contribution is 5.31. The summed E-state index contributed by atoms with van der Waals surface area (Å²) in [5, 5.41) is 2.90. The van der Waals surface area contributed by atoms with Crippen LogP contribution >= 0.6 is 0 Å². The molecule has 0 fully saturated rings. The van der Waals surface area contributed by atoms with Gasteiger partial charge >= 0.3 is 6.18 Å². The van der Waals surface area contributed by atoms with Crippen molar-refractivity contribution in [2.75, 3.05) is 7.05 Å². The van der Waals surface area contributed by atoms with Crippen molar-refractivity contribution in [2.45, 2.75) is 32.0 Å². The fourth-order valence-electron chi connectivity index (χ4n) is 1.55. The molecule has 17 heavy (non-hydrogen) atoms. The van der Waals surface area contributed by atoms with E-state index in [0.717, 1.165) is 18.2 Å². The lowest BCUT2D eigenvalue weighted by molar-refractivity contribution is -0.138. The Kier molecular flexibility index (Phi) is 3.81. The average Bonchev–Trinajstić information content (AvgIpc) is 2.15. The van der Waals surface area contributed by atoms with Gasteiger partial charge in [-0.1, -0.05) is 0 Å². The van der Waals surface area contributed by atoms with Gasteiger partial charge in [0, 0.05) is 5.54 Å². The molecule has 0 aliphatic carbocycles. The molecular weight excluding hydrogens is 234 g/mol. The molecule has 0 radical (unpaired) electrons. The summed E-state index contributed by atoms with van der Waals surface area (Å²) >= 11 is 0. The topological polar surface area (TPSA) is 12.0 Å². The number of nitrogens with one attached hydrogen (secondary N) is 1. The van der Waals surface area contributed by atoms with Crippen LogP contribution in [0.4, 0.5) is 17.6 Å². The van der Waals surface area contributed by atoms with Crippen LogP contribution in [0.25, 0.3) is 0 Å². The van der Waals surface area contributed by atoms with E-state index in [1.165, 1.54) is 0 Å². The van der Waals surface area contributed by atoms with Crippen LogP contribution in [0.5, 0.6) is 0 Å². The number of rotatable bonds is 3. The normalized spacial score (nSPS) is 12.9. The van der Waals surface area contributed by atoms with Crippen LogP contribution in [-0.2, 0) is 12.6 Å². The first-order chi connectivity index (χ1) is 7.65. The monoisotopic (exact) mass is 249 g/mol.